The number of aliphatic hydroxyl groups is 1. The lowest BCUT2D eigenvalue weighted by atomic mass is 9.64. The van der Waals surface area contributed by atoms with Crippen molar-refractivity contribution in [3.8, 4) is 0 Å². The maximum atomic E-state index is 10.9. The lowest BCUT2D eigenvalue weighted by Crippen LogP contribution is -2.57. The number of nitrogens with zero attached hydrogens (tertiary/aromatic N) is 2. The van der Waals surface area contributed by atoms with E-state index in [2.05, 4.69) is 10.3 Å². The van der Waals surface area contributed by atoms with E-state index in [1.54, 1.807) is 0 Å². The van der Waals surface area contributed by atoms with E-state index >= 15 is 0 Å². The third-order valence-electron chi connectivity index (χ3n) is 3.56. The topological polar surface area (TPSA) is 88.3 Å². The third-order valence-corrected chi connectivity index (χ3v) is 3.77. The van der Waals surface area contributed by atoms with Crippen LogP contribution in [0.25, 0.3) is 0 Å². The summed E-state index contributed by atoms with van der Waals surface area (Å²) in [4.78, 5) is 14.3. The lowest BCUT2D eigenvalue weighted by Gasteiger charge is -2.49. The van der Waals surface area contributed by atoms with Crippen molar-refractivity contribution >= 4 is 23.1 Å². The Kier molecular flexibility index (Phi) is 3.16. The summed E-state index contributed by atoms with van der Waals surface area (Å²) in [6, 6.07) is 2.64. The van der Waals surface area contributed by atoms with Gasteiger partial charge in [0.15, 0.2) is 0 Å². The number of nitro groups is 1. The van der Waals surface area contributed by atoms with Gasteiger partial charge in [0.1, 0.15) is 5.15 Å². The predicted molar refractivity (Wildman–Crippen MR) is 67.7 cm³/mol. The molecule has 6 nitrogen and oxygen atoms in total. The van der Waals surface area contributed by atoms with E-state index in [1.807, 2.05) is 13.8 Å². The minimum Gasteiger partial charge on any atom is -0.392 e. The molecule has 2 unspecified atom stereocenters. The van der Waals surface area contributed by atoms with Crippen molar-refractivity contribution in [1.82, 2.24) is 4.98 Å². The molecule has 2 N–H and O–H groups in total. The summed E-state index contributed by atoms with van der Waals surface area (Å²) in [5.41, 5.74) is -0.450. The van der Waals surface area contributed by atoms with Gasteiger partial charge in [0, 0.05) is 17.5 Å². The lowest BCUT2D eigenvalue weighted by molar-refractivity contribution is -0.384. The second kappa shape index (κ2) is 4.37. The highest BCUT2D eigenvalue weighted by atomic mass is 35.5. The summed E-state index contributed by atoms with van der Waals surface area (Å²) in [5.74, 6) is 0.150. The Morgan fingerprint density at radius 3 is 2.78 bits per heavy atom. The first-order valence-corrected chi connectivity index (χ1v) is 5.95. The standard InChI is InChI=1S/C11H14ClN3O3/c1-11(2)7(5-8(11)16)13-10-6(15(17)18)3-4-9(12)14-10/h3-4,7-8,16H,5H2,1-2H3,(H,13,14). The quantitative estimate of drug-likeness (QED) is 0.500. The predicted octanol–water partition coefficient (Wildman–Crippen LogP) is 2.21. The van der Waals surface area contributed by atoms with E-state index in [4.69, 9.17) is 11.6 Å². The highest BCUT2D eigenvalue weighted by Crippen LogP contribution is 2.43. The van der Waals surface area contributed by atoms with Crippen LogP contribution in [-0.2, 0) is 0 Å². The molecule has 0 radical (unpaired) electrons. The Morgan fingerprint density at radius 2 is 2.28 bits per heavy atom. The van der Waals surface area contributed by atoms with Crippen molar-refractivity contribution in [3.05, 3.63) is 27.4 Å². The van der Waals surface area contributed by atoms with Gasteiger partial charge in [0.25, 0.3) is 0 Å². The fourth-order valence-electron chi connectivity index (χ4n) is 1.99. The normalized spacial score (nSPS) is 25.3. The molecule has 0 aliphatic heterocycles. The minimum absolute atomic E-state index is 0.0582. The SMILES string of the molecule is CC1(C)C(O)CC1Nc1nc(Cl)ccc1[N+](=O)[O-]. The zero-order valence-electron chi connectivity index (χ0n) is 10.1. The summed E-state index contributed by atoms with van der Waals surface area (Å²) in [7, 11) is 0. The van der Waals surface area contributed by atoms with Crippen molar-refractivity contribution in [2.24, 2.45) is 5.41 Å². The molecule has 0 aromatic carbocycles. The van der Waals surface area contributed by atoms with Crippen molar-refractivity contribution in [2.45, 2.75) is 32.4 Å². The number of anilines is 1. The van der Waals surface area contributed by atoms with Crippen LogP contribution in [0.5, 0.6) is 0 Å². The monoisotopic (exact) mass is 271 g/mol. The number of aliphatic hydroxyl groups excluding tert-OH is 1. The Labute approximate surface area is 109 Å². The molecule has 2 atom stereocenters. The molecule has 1 aromatic heterocycles. The average molecular weight is 272 g/mol. The minimum atomic E-state index is -0.506. The van der Waals surface area contributed by atoms with Crippen LogP contribution in [0.3, 0.4) is 0 Å². The second-order valence-electron chi connectivity index (χ2n) is 5.03. The number of rotatable bonds is 3. The molecule has 7 heteroatoms. The largest absolute Gasteiger partial charge is 0.392 e. The number of hydrogen-bond donors (Lipinski definition) is 2. The first-order valence-electron chi connectivity index (χ1n) is 5.58. The smallest absolute Gasteiger partial charge is 0.311 e. The number of nitrogens with one attached hydrogen (secondary N) is 1. The van der Waals surface area contributed by atoms with E-state index in [0.29, 0.717) is 6.42 Å². The summed E-state index contributed by atoms with van der Waals surface area (Å²) in [5, 5.41) is 23.7. The summed E-state index contributed by atoms with van der Waals surface area (Å²) in [6.45, 7) is 3.80. The summed E-state index contributed by atoms with van der Waals surface area (Å²) >= 11 is 5.74. The first kappa shape index (κ1) is 13.0. The van der Waals surface area contributed by atoms with Crippen LogP contribution in [0.15, 0.2) is 12.1 Å². The van der Waals surface area contributed by atoms with Gasteiger partial charge >= 0.3 is 5.69 Å². The molecule has 1 heterocycles. The highest BCUT2D eigenvalue weighted by molar-refractivity contribution is 6.29. The molecule has 1 fully saturated rings. The van der Waals surface area contributed by atoms with Gasteiger partial charge in [-0.3, -0.25) is 10.1 Å². The van der Waals surface area contributed by atoms with Gasteiger partial charge in [-0.25, -0.2) is 4.98 Å². The maximum absolute atomic E-state index is 10.9. The van der Waals surface area contributed by atoms with Gasteiger partial charge in [-0.15, -0.1) is 0 Å². The Bertz CT molecular complexity index is 492. The number of pyridine rings is 1. The van der Waals surface area contributed by atoms with Crippen LogP contribution in [0.4, 0.5) is 11.5 Å². The van der Waals surface area contributed by atoms with Gasteiger partial charge in [0.2, 0.25) is 5.82 Å². The van der Waals surface area contributed by atoms with Crippen LogP contribution in [0.1, 0.15) is 20.3 Å². The van der Waals surface area contributed by atoms with Gasteiger partial charge < -0.3 is 10.4 Å². The summed E-state index contributed by atoms with van der Waals surface area (Å²) in [6.07, 6.45) is 0.131. The van der Waals surface area contributed by atoms with Crippen molar-refractivity contribution < 1.29 is 10.0 Å². The molecule has 0 saturated heterocycles. The third kappa shape index (κ3) is 2.13. The molecule has 0 spiro atoms. The van der Waals surface area contributed by atoms with Crippen LogP contribution in [-0.4, -0.2) is 27.2 Å². The van der Waals surface area contributed by atoms with Crippen molar-refractivity contribution in [3.63, 3.8) is 0 Å². The van der Waals surface area contributed by atoms with Crippen LogP contribution >= 0.6 is 11.6 Å². The molecule has 1 aromatic rings. The maximum Gasteiger partial charge on any atom is 0.311 e. The van der Waals surface area contributed by atoms with Crippen LogP contribution in [0, 0.1) is 15.5 Å². The Hall–Kier alpha value is -1.40. The number of halogens is 1. The van der Waals surface area contributed by atoms with E-state index < -0.39 is 11.0 Å². The van der Waals surface area contributed by atoms with Crippen LogP contribution < -0.4 is 5.32 Å². The molecule has 0 bridgehead atoms. The highest BCUT2D eigenvalue weighted by Gasteiger charge is 2.48. The molecular weight excluding hydrogens is 258 g/mol. The molecule has 2 rings (SSSR count). The summed E-state index contributed by atoms with van der Waals surface area (Å²) < 4.78 is 0. The van der Waals surface area contributed by atoms with Gasteiger partial charge in [0.05, 0.1) is 11.0 Å². The fraction of sp³-hybridized carbons (Fsp3) is 0.545. The molecule has 0 amide bonds. The number of hydrogen-bond acceptors (Lipinski definition) is 5. The zero-order chi connectivity index (χ0) is 13.5. The van der Waals surface area contributed by atoms with Crippen molar-refractivity contribution in [1.29, 1.82) is 0 Å². The van der Waals surface area contributed by atoms with Gasteiger partial charge in [-0.05, 0) is 12.5 Å². The number of aromatic nitrogens is 1. The van der Waals surface area contributed by atoms with E-state index in [1.165, 1.54) is 12.1 Å². The van der Waals surface area contributed by atoms with Gasteiger partial charge in [-0.2, -0.15) is 0 Å². The Morgan fingerprint density at radius 1 is 1.61 bits per heavy atom. The van der Waals surface area contributed by atoms with Crippen molar-refractivity contribution in [2.75, 3.05) is 5.32 Å². The molecule has 98 valence electrons. The second-order valence-corrected chi connectivity index (χ2v) is 5.42. The van der Waals surface area contributed by atoms with E-state index in [0.717, 1.165) is 0 Å². The van der Waals surface area contributed by atoms with Crippen LogP contribution in [0.2, 0.25) is 5.15 Å². The first-order chi connectivity index (χ1) is 8.32. The van der Waals surface area contributed by atoms with Gasteiger partial charge in [-0.1, -0.05) is 25.4 Å². The molecule has 1 saturated carbocycles. The Balaban J connectivity index is 2.24. The zero-order valence-corrected chi connectivity index (χ0v) is 10.8. The molecule has 1 aliphatic rings. The molecule has 1 aliphatic carbocycles. The molecular formula is C11H14ClN3O3. The fourth-order valence-corrected chi connectivity index (χ4v) is 2.14. The molecule has 18 heavy (non-hydrogen) atoms. The average Bonchev–Trinajstić information content (AvgIpc) is 2.28. The van der Waals surface area contributed by atoms with E-state index in [9.17, 15) is 15.2 Å². The van der Waals surface area contributed by atoms with E-state index in [-0.39, 0.29) is 28.1 Å².